The topological polar surface area (TPSA) is 46.2 Å². The molecule has 1 saturated carbocycles. The van der Waals surface area contributed by atoms with E-state index in [0.717, 1.165) is 18.4 Å². The van der Waals surface area contributed by atoms with Gasteiger partial charge in [-0.1, -0.05) is 31.4 Å². The summed E-state index contributed by atoms with van der Waals surface area (Å²) in [7, 11) is 0. The Morgan fingerprint density at radius 1 is 1.20 bits per heavy atom. The summed E-state index contributed by atoms with van der Waals surface area (Å²) in [5, 5.41) is 9.49. The molecule has 0 spiro atoms. The van der Waals surface area contributed by atoms with Crippen molar-refractivity contribution < 1.29 is 5.11 Å². The zero-order valence-electron chi connectivity index (χ0n) is 9.29. The van der Waals surface area contributed by atoms with Gasteiger partial charge in [0.2, 0.25) is 0 Å². The smallest absolute Gasteiger partial charge is 0.118 e. The summed E-state index contributed by atoms with van der Waals surface area (Å²) in [6.45, 7) is 1.92. The Hall–Kier alpha value is -1.02. The number of benzene rings is 1. The summed E-state index contributed by atoms with van der Waals surface area (Å²) in [6.07, 6.45) is 5.87. The second-order valence-corrected chi connectivity index (χ2v) is 4.72. The third-order valence-electron chi connectivity index (χ3n) is 3.52. The molecular weight excluding hydrogens is 186 g/mol. The molecule has 82 valence electrons. The van der Waals surface area contributed by atoms with Crippen molar-refractivity contribution in [3.63, 3.8) is 0 Å². The van der Waals surface area contributed by atoms with Gasteiger partial charge in [0.25, 0.3) is 0 Å². The van der Waals surface area contributed by atoms with Crippen molar-refractivity contribution in [2.24, 2.45) is 5.73 Å². The van der Waals surface area contributed by atoms with Crippen molar-refractivity contribution in [2.45, 2.75) is 44.6 Å². The molecule has 0 saturated heterocycles. The van der Waals surface area contributed by atoms with Gasteiger partial charge in [0.05, 0.1) is 0 Å². The third kappa shape index (κ3) is 2.00. The molecule has 1 aliphatic rings. The fourth-order valence-electron chi connectivity index (χ4n) is 2.44. The second kappa shape index (κ2) is 3.86. The molecule has 0 bridgehead atoms. The van der Waals surface area contributed by atoms with Crippen molar-refractivity contribution in [3.05, 3.63) is 29.3 Å². The normalized spacial score (nSPS) is 20.1. The van der Waals surface area contributed by atoms with Crippen molar-refractivity contribution in [1.82, 2.24) is 0 Å². The van der Waals surface area contributed by atoms with Gasteiger partial charge >= 0.3 is 0 Å². The van der Waals surface area contributed by atoms with Crippen molar-refractivity contribution in [1.29, 1.82) is 0 Å². The maximum absolute atomic E-state index is 9.49. The maximum atomic E-state index is 9.49. The molecule has 1 aliphatic carbocycles. The van der Waals surface area contributed by atoms with E-state index in [9.17, 15) is 5.11 Å². The van der Waals surface area contributed by atoms with Crippen LogP contribution in [0.4, 0.5) is 0 Å². The maximum Gasteiger partial charge on any atom is 0.118 e. The zero-order chi connectivity index (χ0) is 10.9. The van der Waals surface area contributed by atoms with Crippen molar-refractivity contribution in [3.8, 4) is 5.75 Å². The molecule has 1 aromatic rings. The average Bonchev–Trinajstić information content (AvgIpc) is 2.23. The van der Waals surface area contributed by atoms with Crippen LogP contribution in [0.2, 0.25) is 0 Å². The van der Waals surface area contributed by atoms with Crippen LogP contribution in [0.25, 0.3) is 0 Å². The van der Waals surface area contributed by atoms with Gasteiger partial charge in [-0.15, -0.1) is 0 Å². The van der Waals surface area contributed by atoms with Crippen LogP contribution < -0.4 is 5.73 Å². The van der Waals surface area contributed by atoms with E-state index in [1.165, 1.54) is 24.8 Å². The second-order valence-electron chi connectivity index (χ2n) is 4.72. The average molecular weight is 205 g/mol. The molecule has 1 fully saturated rings. The number of aromatic hydroxyl groups is 1. The van der Waals surface area contributed by atoms with Crippen LogP contribution in [0.1, 0.15) is 43.2 Å². The highest BCUT2D eigenvalue weighted by atomic mass is 16.3. The Kier molecular flexibility index (Phi) is 2.70. The summed E-state index contributed by atoms with van der Waals surface area (Å²) >= 11 is 0. The lowest BCUT2D eigenvalue weighted by atomic mass is 9.77. The molecule has 2 rings (SSSR count). The SMILES string of the molecule is Cc1cc(C2(N)CCCCC2)ccc1O. The van der Waals surface area contributed by atoms with Crippen LogP contribution in [0.15, 0.2) is 18.2 Å². The number of nitrogens with two attached hydrogens (primary N) is 1. The standard InChI is InChI=1S/C13H19NO/c1-10-9-11(5-6-12(10)15)13(14)7-3-2-4-8-13/h5-6,9,15H,2-4,7-8,14H2,1H3. The fourth-order valence-corrected chi connectivity index (χ4v) is 2.44. The number of aryl methyl sites for hydroxylation is 1. The van der Waals surface area contributed by atoms with E-state index in [-0.39, 0.29) is 5.54 Å². The van der Waals surface area contributed by atoms with Crippen molar-refractivity contribution >= 4 is 0 Å². The summed E-state index contributed by atoms with van der Waals surface area (Å²) in [5.74, 6) is 0.359. The molecule has 0 radical (unpaired) electrons. The Labute approximate surface area is 91.1 Å². The molecule has 2 nitrogen and oxygen atoms in total. The summed E-state index contributed by atoms with van der Waals surface area (Å²) in [6, 6.07) is 5.75. The van der Waals surface area contributed by atoms with E-state index in [0.29, 0.717) is 5.75 Å². The monoisotopic (exact) mass is 205 g/mol. The van der Waals surface area contributed by atoms with Gasteiger partial charge in [0, 0.05) is 5.54 Å². The Bertz CT molecular complexity index is 354. The Balaban J connectivity index is 2.31. The molecular formula is C13H19NO. The quantitative estimate of drug-likeness (QED) is 0.740. The molecule has 0 amide bonds. The number of phenols is 1. The van der Waals surface area contributed by atoms with Gasteiger partial charge in [0.15, 0.2) is 0 Å². The van der Waals surface area contributed by atoms with E-state index in [2.05, 4.69) is 0 Å². The molecule has 2 heteroatoms. The van der Waals surface area contributed by atoms with E-state index >= 15 is 0 Å². The van der Waals surface area contributed by atoms with Crippen LogP contribution in [0.5, 0.6) is 5.75 Å². The molecule has 0 unspecified atom stereocenters. The van der Waals surface area contributed by atoms with Crippen LogP contribution in [-0.4, -0.2) is 5.11 Å². The van der Waals surface area contributed by atoms with E-state index in [4.69, 9.17) is 5.73 Å². The first-order chi connectivity index (χ1) is 7.12. The molecule has 0 heterocycles. The Morgan fingerprint density at radius 2 is 1.87 bits per heavy atom. The lowest BCUT2D eigenvalue weighted by molar-refractivity contribution is 0.302. The Morgan fingerprint density at radius 3 is 2.47 bits per heavy atom. The minimum Gasteiger partial charge on any atom is -0.508 e. The van der Waals surface area contributed by atoms with Crippen LogP contribution in [-0.2, 0) is 5.54 Å². The molecule has 0 aromatic heterocycles. The lowest BCUT2D eigenvalue weighted by Crippen LogP contribution is -2.38. The first-order valence-corrected chi connectivity index (χ1v) is 5.71. The molecule has 0 atom stereocenters. The summed E-state index contributed by atoms with van der Waals surface area (Å²) < 4.78 is 0. The molecule has 15 heavy (non-hydrogen) atoms. The first-order valence-electron chi connectivity index (χ1n) is 5.71. The van der Waals surface area contributed by atoms with Crippen molar-refractivity contribution in [2.75, 3.05) is 0 Å². The highest BCUT2D eigenvalue weighted by molar-refractivity contribution is 5.38. The zero-order valence-corrected chi connectivity index (χ0v) is 9.29. The molecule has 0 aliphatic heterocycles. The summed E-state index contributed by atoms with van der Waals surface area (Å²) in [4.78, 5) is 0. The third-order valence-corrected chi connectivity index (χ3v) is 3.52. The van der Waals surface area contributed by atoms with Gasteiger partial charge in [-0.3, -0.25) is 0 Å². The van der Waals surface area contributed by atoms with Crippen LogP contribution in [0, 0.1) is 6.92 Å². The van der Waals surface area contributed by atoms with E-state index in [1.807, 2.05) is 19.1 Å². The first kappa shape index (κ1) is 10.5. The predicted molar refractivity (Wildman–Crippen MR) is 61.8 cm³/mol. The highest BCUT2D eigenvalue weighted by Crippen LogP contribution is 2.36. The minimum atomic E-state index is -0.156. The highest BCUT2D eigenvalue weighted by Gasteiger charge is 2.29. The number of hydrogen-bond donors (Lipinski definition) is 2. The van der Waals surface area contributed by atoms with E-state index < -0.39 is 0 Å². The largest absolute Gasteiger partial charge is 0.508 e. The fraction of sp³-hybridized carbons (Fsp3) is 0.538. The molecule has 3 N–H and O–H groups in total. The van der Waals surface area contributed by atoms with Gasteiger partial charge in [-0.05, 0) is 37.0 Å². The number of hydrogen-bond acceptors (Lipinski definition) is 2. The summed E-state index contributed by atoms with van der Waals surface area (Å²) in [5.41, 5.74) is 8.36. The van der Waals surface area contributed by atoms with E-state index in [1.54, 1.807) is 6.07 Å². The van der Waals surface area contributed by atoms with Gasteiger partial charge in [-0.25, -0.2) is 0 Å². The van der Waals surface area contributed by atoms with Crippen LogP contribution in [0.3, 0.4) is 0 Å². The van der Waals surface area contributed by atoms with Gasteiger partial charge in [-0.2, -0.15) is 0 Å². The van der Waals surface area contributed by atoms with Gasteiger partial charge < -0.3 is 10.8 Å². The van der Waals surface area contributed by atoms with Crippen LogP contribution >= 0.6 is 0 Å². The minimum absolute atomic E-state index is 0.156. The lowest BCUT2D eigenvalue weighted by Gasteiger charge is -2.34. The number of phenolic OH excluding ortho intramolecular Hbond substituents is 1. The predicted octanol–water partition coefficient (Wildman–Crippen LogP) is 2.82. The molecule has 1 aromatic carbocycles. The van der Waals surface area contributed by atoms with Gasteiger partial charge in [0.1, 0.15) is 5.75 Å². The number of rotatable bonds is 1.